The van der Waals surface area contributed by atoms with Crippen LogP contribution in [-0.4, -0.2) is 31.7 Å². The third-order valence-corrected chi connectivity index (χ3v) is 4.85. The standard InChI is InChI=1S/C18H26N2O2/c1-13-6-9-19-17(12-13)18(21)20-16-4-2-14(3-5-16)15-7-10-22-11-8-15/h2-5,13,15,17,19H,6-12H2,1H3,(H,20,21). The zero-order chi connectivity index (χ0) is 15.4. The van der Waals surface area contributed by atoms with Crippen LogP contribution in [0.1, 0.15) is 44.1 Å². The number of hydrogen-bond donors (Lipinski definition) is 2. The second kappa shape index (κ2) is 7.25. The fraction of sp³-hybridized carbons (Fsp3) is 0.611. The molecule has 22 heavy (non-hydrogen) atoms. The molecule has 0 radical (unpaired) electrons. The third-order valence-electron chi connectivity index (χ3n) is 4.85. The number of anilines is 1. The van der Waals surface area contributed by atoms with Crippen molar-refractivity contribution in [3.05, 3.63) is 29.8 Å². The molecule has 3 rings (SSSR count). The van der Waals surface area contributed by atoms with Crippen LogP contribution in [0.3, 0.4) is 0 Å². The largest absolute Gasteiger partial charge is 0.381 e. The van der Waals surface area contributed by atoms with Crippen molar-refractivity contribution in [2.24, 2.45) is 5.92 Å². The van der Waals surface area contributed by atoms with E-state index in [1.807, 2.05) is 12.1 Å². The number of carbonyl (C=O) groups excluding carboxylic acids is 1. The summed E-state index contributed by atoms with van der Waals surface area (Å²) in [6, 6.07) is 8.27. The zero-order valence-electron chi connectivity index (χ0n) is 13.3. The quantitative estimate of drug-likeness (QED) is 0.902. The number of rotatable bonds is 3. The van der Waals surface area contributed by atoms with Crippen molar-refractivity contribution in [3.63, 3.8) is 0 Å². The molecule has 2 aliphatic heterocycles. The summed E-state index contributed by atoms with van der Waals surface area (Å²) in [5.41, 5.74) is 2.24. The Bertz CT molecular complexity index is 494. The third kappa shape index (κ3) is 3.87. The first-order valence-corrected chi connectivity index (χ1v) is 8.44. The van der Waals surface area contributed by atoms with Gasteiger partial charge in [0, 0.05) is 18.9 Å². The van der Waals surface area contributed by atoms with E-state index < -0.39 is 0 Å². The van der Waals surface area contributed by atoms with Gasteiger partial charge >= 0.3 is 0 Å². The van der Waals surface area contributed by atoms with Gasteiger partial charge < -0.3 is 15.4 Å². The minimum absolute atomic E-state index is 0.0566. The van der Waals surface area contributed by atoms with E-state index in [1.54, 1.807) is 0 Å². The highest BCUT2D eigenvalue weighted by Gasteiger charge is 2.24. The Kier molecular flexibility index (Phi) is 5.11. The van der Waals surface area contributed by atoms with E-state index in [4.69, 9.17) is 4.74 Å². The van der Waals surface area contributed by atoms with Crippen LogP contribution >= 0.6 is 0 Å². The Labute approximate surface area is 132 Å². The van der Waals surface area contributed by atoms with E-state index in [-0.39, 0.29) is 11.9 Å². The highest BCUT2D eigenvalue weighted by atomic mass is 16.5. The van der Waals surface area contributed by atoms with Gasteiger partial charge in [0.2, 0.25) is 5.91 Å². The summed E-state index contributed by atoms with van der Waals surface area (Å²) in [5, 5.41) is 6.34. The molecular weight excluding hydrogens is 276 g/mol. The van der Waals surface area contributed by atoms with Crippen LogP contribution in [0.25, 0.3) is 0 Å². The summed E-state index contributed by atoms with van der Waals surface area (Å²) in [6.07, 6.45) is 4.26. The number of piperidine rings is 1. The van der Waals surface area contributed by atoms with Crippen molar-refractivity contribution in [2.75, 3.05) is 25.1 Å². The number of ether oxygens (including phenoxy) is 1. The number of nitrogens with one attached hydrogen (secondary N) is 2. The summed E-state index contributed by atoms with van der Waals surface area (Å²) in [7, 11) is 0. The molecule has 0 spiro atoms. The Morgan fingerprint density at radius 2 is 1.91 bits per heavy atom. The van der Waals surface area contributed by atoms with Crippen LogP contribution in [0.4, 0.5) is 5.69 Å². The summed E-state index contributed by atoms with van der Waals surface area (Å²) in [5.74, 6) is 1.30. The lowest BCUT2D eigenvalue weighted by Gasteiger charge is -2.27. The fourth-order valence-electron chi connectivity index (χ4n) is 3.41. The van der Waals surface area contributed by atoms with Crippen LogP contribution in [0, 0.1) is 5.92 Å². The predicted octanol–water partition coefficient (Wildman–Crippen LogP) is 2.91. The molecule has 2 fully saturated rings. The maximum Gasteiger partial charge on any atom is 0.241 e. The van der Waals surface area contributed by atoms with Gasteiger partial charge in [0.25, 0.3) is 0 Å². The fourth-order valence-corrected chi connectivity index (χ4v) is 3.41. The van der Waals surface area contributed by atoms with E-state index in [1.165, 1.54) is 5.56 Å². The van der Waals surface area contributed by atoms with Crippen molar-refractivity contribution in [2.45, 2.75) is 44.6 Å². The molecule has 1 aromatic carbocycles. The molecule has 1 amide bonds. The molecule has 0 bridgehead atoms. The first-order valence-electron chi connectivity index (χ1n) is 8.44. The highest BCUT2D eigenvalue weighted by Crippen LogP contribution is 2.27. The minimum atomic E-state index is -0.0566. The van der Waals surface area contributed by atoms with Gasteiger partial charge in [-0.15, -0.1) is 0 Å². The molecule has 2 unspecified atom stereocenters. The van der Waals surface area contributed by atoms with Crippen molar-refractivity contribution in [1.82, 2.24) is 5.32 Å². The Hall–Kier alpha value is -1.39. The molecule has 1 aromatic rings. The number of carbonyl (C=O) groups is 1. The van der Waals surface area contributed by atoms with E-state index in [0.717, 1.165) is 51.1 Å². The summed E-state index contributed by atoms with van der Waals surface area (Å²) >= 11 is 0. The minimum Gasteiger partial charge on any atom is -0.381 e. The SMILES string of the molecule is CC1CCNC(C(=O)Nc2ccc(C3CCOCC3)cc2)C1. The average molecular weight is 302 g/mol. The molecule has 0 aliphatic carbocycles. The Morgan fingerprint density at radius 1 is 1.18 bits per heavy atom. The maximum atomic E-state index is 12.3. The van der Waals surface area contributed by atoms with Crippen molar-refractivity contribution < 1.29 is 9.53 Å². The van der Waals surface area contributed by atoms with Crippen LogP contribution in [0.5, 0.6) is 0 Å². The number of hydrogen-bond acceptors (Lipinski definition) is 3. The summed E-state index contributed by atoms with van der Waals surface area (Å²) < 4.78 is 5.41. The molecule has 0 saturated carbocycles. The summed E-state index contributed by atoms with van der Waals surface area (Å²) in [6.45, 7) is 4.86. The molecule has 0 aromatic heterocycles. The molecule has 2 aliphatic rings. The molecule has 2 atom stereocenters. The topological polar surface area (TPSA) is 50.4 Å². The first kappa shape index (κ1) is 15.5. The zero-order valence-corrected chi connectivity index (χ0v) is 13.3. The number of amides is 1. The van der Waals surface area contributed by atoms with Crippen LogP contribution in [-0.2, 0) is 9.53 Å². The lowest BCUT2D eigenvalue weighted by Crippen LogP contribution is -2.45. The van der Waals surface area contributed by atoms with Gasteiger partial charge in [-0.05, 0) is 61.8 Å². The van der Waals surface area contributed by atoms with Crippen molar-refractivity contribution in [3.8, 4) is 0 Å². The number of benzene rings is 1. The van der Waals surface area contributed by atoms with Gasteiger partial charge in [-0.3, -0.25) is 4.79 Å². The second-order valence-electron chi connectivity index (χ2n) is 6.63. The van der Waals surface area contributed by atoms with E-state index in [9.17, 15) is 4.79 Å². The van der Waals surface area contributed by atoms with Gasteiger partial charge in [0.05, 0.1) is 6.04 Å². The molecule has 4 heteroatoms. The van der Waals surface area contributed by atoms with Gasteiger partial charge in [0.1, 0.15) is 0 Å². The molecule has 2 heterocycles. The molecule has 4 nitrogen and oxygen atoms in total. The van der Waals surface area contributed by atoms with Gasteiger partial charge in [0.15, 0.2) is 0 Å². The monoisotopic (exact) mass is 302 g/mol. The van der Waals surface area contributed by atoms with Crippen molar-refractivity contribution in [1.29, 1.82) is 0 Å². The molecular formula is C18H26N2O2. The normalized spacial score (nSPS) is 26.6. The molecule has 2 saturated heterocycles. The van der Waals surface area contributed by atoms with Crippen LogP contribution < -0.4 is 10.6 Å². The van der Waals surface area contributed by atoms with E-state index in [2.05, 4.69) is 29.7 Å². The van der Waals surface area contributed by atoms with Crippen LogP contribution in [0.2, 0.25) is 0 Å². The molecule has 2 N–H and O–H groups in total. The second-order valence-corrected chi connectivity index (χ2v) is 6.63. The highest BCUT2D eigenvalue weighted by molar-refractivity contribution is 5.94. The smallest absolute Gasteiger partial charge is 0.241 e. The average Bonchev–Trinajstić information content (AvgIpc) is 2.56. The first-order chi connectivity index (χ1) is 10.7. The van der Waals surface area contributed by atoms with Crippen molar-refractivity contribution >= 4 is 11.6 Å². The Balaban J connectivity index is 1.57. The van der Waals surface area contributed by atoms with Gasteiger partial charge in [-0.2, -0.15) is 0 Å². The van der Waals surface area contributed by atoms with E-state index in [0.29, 0.717) is 11.8 Å². The molecule has 120 valence electrons. The van der Waals surface area contributed by atoms with Gasteiger partial charge in [-0.1, -0.05) is 19.1 Å². The predicted molar refractivity (Wildman–Crippen MR) is 88.1 cm³/mol. The summed E-state index contributed by atoms with van der Waals surface area (Å²) in [4.78, 5) is 12.3. The lowest BCUT2D eigenvalue weighted by molar-refractivity contribution is -0.119. The Morgan fingerprint density at radius 3 is 2.59 bits per heavy atom. The van der Waals surface area contributed by atoms with Crippen LogP contribution in [0.15, 0.2) is 24.3 Å². The van der Waals surface area contributed by atoms with Gasteiger partial charge in [-0.25, -0.2) is 0 Å². The maximum absolute atomic E-state index is 12.3. The lowest BCUT2D eigenvalue weighted by atomic mass is 9.91. The van der Waals surface area contributed by atoms with E-state index >= 15 is 0 Å².